The Kier molecular flexibility index (Phi) is 6.09. The quantitative estimate of drug-likeness (QED) is 0.124. The van der Waals surface area contributed by atoms with E-state index in [2.05, 4.69) is 0 Å². The number of anilines is 1. The van der Waals surface area contributed by atoms with Gasteiger partial charge in [-0.15, -0.1) is 0 Å². The summed E-state index contributed by atoms with van der Waals surface area (Å²) in [5.74, 6) is -2.00. The SMILES string of the molecule is CC(=O)Oc1cccc(C2/C(=C(/O)c3cccc4ccccc34)C(=O)C(=O)N2c2ccc(C)c(C)c2)c1. The molecule has 4 aromatic carbocycles. The number of amides is 1. The van der Waals surface area contributed by atoms with Crippen LogP contribution in [0.5, 0.6) is 5.75 Å². The first-order valence-corrected chi connectivity index (χ1v) is 11.9. The number of nitrogens with zero attached hydrogens (tertiary/aromatic N) is 1. The van der Waals surface area contributed by atoms with E-state index in [0.717, 1.165) is 21.9 Å². The zero-order chi connectivity index (χ0) is 26.3. The molecule has 1 saturated heterocycles. The Balaban J connectivity index is 1.77. The topological polar surface area (TPSA) is 83.9 Å². The van der Waals surface area contributed by atoms with Crippen LogP contribution in [0.1, 0.15) is 35.2 Å². The standard InChI is InChI=1S/C31H25NO5/c1-18-14-15-23(16-19(18)2)32-28(22-10-6-11-24(17-22)37-20(3)33)27(30(35)31(32)36)29(34)26-13-7-9-21-8-4-5-12-25(21)26/h4-17,28,34H,1-3H3/b29-27-. The number of ether oxygens (including phenoxy) is 1. The van der Waals surface area contributed by atoms with Crippen molar-refractivity contribution in [3.63, 3.8) is 0 Å². The molecule has 1 atom stereocenters. The maximum Gasteiger partial charge on any atom is 0.308 e. The number of ketones is 1. The lowest BCUT2D eigenvalue weighted by atomic mass is 9.93. The van der Waals surface area contributed by atoms with Gasteiger partial charge >= 0.3 is 5.97 Å². The van der Waals surface area contributed by atoms with Gasteiger partial charge in [0.15, 0.2) is 0 Å². The third-order valence-electron chi connectivity index (χ3n) is 6.69. The third kappa shape index (κ3) is 4.27. The van der Waals surface area contributed by atoms with Crippen LogP contribution < -0.4 is 9.64 Å². The van der Waals surface area contributed by atoms with Crippen molar-refractivity contribution >= 4 is 39.9 Å². The highest BCUT2D eigenvalue weighted by atomic mass is 16.5. The number of carbonyl (C=O) groups excluding carboxylic acids is 3. The summed E-state index contributed by atoms with van der Waals surface area (Å²) >= 11 is 0. The van der Waals surface area contributed by atoms with Crippen LogP contribution in [-0.2, 0) is 14.4 Å². The number of aliphatic hydroxyl groups is 1. The molecule has 1 aliphatic heterocycles. The van der Waals surface area contributed by atoms with Crippen LogP contribution in [0.15, 0.2) is 90.5 Å². The molecule has 0 bridgehead atoms. The van der Waals surface area contributed by atoms with Gasteiger partial charge in [-0.1, -0.05) is 60.7 Å². The van der Waals surface area contributed by atoms with Gasteiger partial charge < -0.3 is 9.84 Å². The fourth-order valence-electron chi connectivity index (χ4n) is 4.78. The van der Waals surface area contributed by atoms with Crippen molar-refractivity contribution in [2.75, 3.05) is 4.90 Å². The van der Waals surface area contributed by atoms with Crippen LogP contribution in [0.4, 0.5) is 5.69 Å². The fourth-order valence-corrected chi connectivity index (χ4v) is 4.78. The number of esters is 1. The van der Waals surface area contributed by atoms with Crippen molar-refractivity contribution in [3.8, 4) is 5.75 Å². The first kappa shape index (κ1) is 24.0. The largest absolute Gasteiger partial charge is 0.507 e. The van der Waals surface area contributed by atoms with Crippen molar-refractivity contribution in [1.82, 2.24) is 0 Å². The lowest BCUT2D eigenvalue weighted by molar-refractivity contribution is -0.132. The highest BCUT2D eigenvalue weighted by Crippen LogP contribution is 2.43. The Morgan fingerprint density at radius 2 is 1.59 bits per heavy atom. The van der Waals surface area contributed by atoms with E-state index in [0.29, 0.717) is 16.8 Å². The number of aliphatic hydroxyl groups excluding tert-OH is 1. The Morgan fingerprint density at radius 3 is 2.35 bits per heavy atom. The van der Waals surface area contributed by atoms with E-state index in [4.69, 9.17) is 4.74 Å². The molecule has 0 spiro atoms. The molecule has 0 aliphatic carbocycles. The average molecular weight is 492 g/mol. The summed E-state index contributed by atoms with van der Waals surface area (Å²) in [7, 11) is 0. The molecule has 1 amide bonds. The van der Waals surface area contributed by atoms with Crippen LogP contribution in [0, 0.1) is 13.8 Å². The summed E-state index contributed by atoms with van der Waals surface area (Å²) in [6.07, 6.45) is 0. The van der Waals surface area contributed by atoms with Gasteiger partial charge in [0.1, 0.15) is 11.5 Å². The second kappa shape index (κ2) is 9.39. The van der Waals surface area contributed by atoms with E-state index in [1.54, 1.807) is 42.5 Å². The third-order valence-corrected chi connectivity index (χ3v) is 6.69. The zero-order valence-corrected chi connectivity index (χ0v) is 20.7. The molecule has 6 heteroatoms. The molecule has 1 N–H and O–H groups in total. The Bertz CT molecular complexity index is 1610. The molecule has 1 heterocycles. The van der Waals surface area contributed by atoms with Crippen LogP contribution in [0.2, 0.25) is 0 Å². The van der Waals surface area contributed by atoms with Crippen LogP contribution >= 0.6 is 0 Å². The van der Waals surface area contributed by atoms with Gasteiger partial charge in [0.2, 0.25) is 0 Å². The number of Topliss-reactive ketones (excluding diaryl/α,β-unsaturated/α-hetero) is 1. The van der Waals surface area contributed by atoms with Crippen molar-refractivity contribution in [3.05, 3.63) is 113 Å². The predicted octanol–water partition coefficient (Wildman–Crippen LogP) is 6.01. The van der Waals surface area contributed by atoms with Crippen molar-refractivity contribution in [2.24, 2.45) is 0 Å². The molecular weight excluding hydrogens is 466 g/mol. The Hall–Kier alpha value is -4.71. The molecule has 184 valence electrons. The molecule has 0 radical (unpaired) electrons. The summed E-state index contributed by atoms with van der Waals surface area (Å²) in [4.78, 5) is 40.0. The lowest BCUT2D eigenvalue weighted by Gasteiger charge is -2.26. The van der Waals surface area contributed by atoms with E-state index >= 15 is 0 Å². The second-order valence-electron chi connectivity index (χ2n) is 9.13. The maximum absolute atomic E-state index is 13.5. The van der Waals surface area contributed by atoms with Gasteiger partial charge in [0.05, 0.1) is 11.6 Å². The van der Waals surface area contributed by atoms with Gasteiger partial charge in [-0.25, -0.2) is 0 Å². The minimum Gasteiger partial charge on any atom is -0.507 e. The summed E-state index contributed by atoms with van der Waals surface area (Å²) in [6, 6.07) is 24.2. The molecule has 1 unspecified atom stereocenters. The van der Waals surface area contributed by atoms with Gasteiger partial charge in [-0.3, -0.25) is 19.3 Å². The minimum absolute atomic E-state index is 0.0282. The number of rotatable bonds is 4. The summed E-state index contributed by atoms with van der Waals surface area (Å²) in [6.45, 7) is 5.20. The molecule has 4 aromatic rings. The normalized spacial score (nSPS) is 16.8. The Morgan fingerprint density at radius 1 is 0.865 bits per heavy atom. The van der Waals surface area contributed by atoms with E-state index in [1.165, 1.54) is 11.8 Å². The van der Waals surface area contributed by atoms with Crippen molar-refractivity contribution < 1.29 is 24.2 Å². The second-order valence-corrected chi connectivity index (χ2v) is 9.13. The number of carbonyl (C=O) groups is 3. The van der Waals surface area contributed by atoms with Crippen molar-refractivity contribution in [2.45, 2.75) is 26.8 Å². The van der Waals surface area contributed by atoms with Crippen LogP contribution in [-0.4, -0.2) is 22.8 Å². The van der Waals surface area contributed by atoms with E-state index in [1.807, 2.05) is 56.3 Å². The fraction of sp³-hybridized carbons (Fsp3) is 0.129. The molecule has 5 rings (SSSR count). The molecule has 1 aliphatic rings. The van der Waals surface area contributed by atoms with Gasteiger partial charge in [-0.05, 0) is 65.6 Å². The highest BCUT2D eigenvalue weighted by molar-refractivity contribution is 6.51. The monoisotopic (exact) mass is 491 g/mol. The number of hydrogen-bond acceptors (Lipinski definition) is 5. The van der Waals surface area contributed by atoms with Crippen molar-refractivity contribution in [1.29, 1.82) is 0 Å². The number of aryl methyl sites for hydroxylation is 2. The molecule has 0 saturated carbocycles. The smallest absolute Gasteiger partial charge is 0.308 e. The lowest BCUT2D eigenvalue weighted by Crippen LogP contribution is -2.29. The number of benzene rings is 4. The number of fused-ring (bicyclic) bond motifs is 1. The summed E-state index contributed by atoms with van der Waals surface area (Å²) in [5.41, 5.74) is 3.49. The molecule has 6 nitrogen and oxygen atoms in total. The van der Waals surface area contributed by atoms with E-state index < -0.39 is 23.7 Å². The molecule has 0 aromatic heterocycles. The van der Waals surface area contributed by atoms with Crippen LogP contribution in [0.3, 0.4) is 0 Å². The Labute approximate surface area is 214 Å². The van der Waals surface area contributed by atoms with Crippen LogP contribution in [0.25, 0.3) is 16.5 Å². The molecule has 1 fully saturated rings. The van der Waals surface area contributed by atoms with E-state index in [9.17, 15) is 19.5 Å². The summed E-state index contributed by atoms with van der Waals surface area (Å²) in [5, 5.41) is 13.3. The zero-order valence-electron chi connectivity index (χ0n) is 20.7. The van der Waals surface area contributed by atoms with Gasteiger partial charge in [0.25, 0.3) is 11.7 Å². The van der Waals surface area contributed by atoms with E-state index in [-0.39, 0.29) is 17.1 Å². The predicted molar refractivity (Wildman–Crippen MR) is 142 cm³/mol. The minimum atomic E-state index is -0.934. The first-order valence-electron chi connectivity index (χ1n) is 11.9. The highest BCUT2D eigenvalue weighted by Gasteiger charge is 2.47. The average Bonchev–Trinajstić information content (AvgIpc) is 3.15. The molecule has 37 heavy (non-hydrogen) atoms. The number of hydrogen-bond donors (Lipinski definition) is 1. The maximum atomic E-state index is 13.5. The summed E-state index contributed by atoms with van der Waals surface area (Å²) < 4.78 is 5.28. The van der Waals surface area contributed by atoms with Gasteiger partial charge in [0, 0.05) is 18.2 Å². The van der Waals surface area contributed by atoms with Gasteiger partial charge in [-0.2, -0.15) is 0 Å². The first-order chi connectivity index (χ1) is 17.8. The molecular formula is C31H25NO5.